The topological polar surface area (TPSA) is 265 Å². The van der Waals surface area contributed by atoms with Gasteiger partial charge in [0.1, 0.15) is 18.1 Å². The summed E-state index contributed by atoms with van der Waals surface area (Å²) in [6.45, 7) is 11.7. The summed E-state index contributed by atoms with van der Waals surface area (Å²) in [7, 11) is 3.23. The number of likely N-dealkylation sites (N-methyl/N-ethyl adjacent to an activating group) is 2. The van der Waals surface area contributed by atoms with Crippen molar-refractivity contribution in [3.8, 4) is 0 Å². The SMILES string of the molecule is CN[C@@H](C)C(=O)NCC(=O)N1C[C@@H](NC(=O)c2cc(N)cc(C(=O)N[C@H]3C[C@@H](C(=O)N[C@H](C)c4ccc(Cl)cc4)N(C(=O)[C@@H](NC(=O)[C@H](C)NC)C(C)(C)C)C3)c2)C[C@H]1C(=O)N[C@H](C)c1ccc(Cl)cc1. The normalized spacial score (nSPS) is 19.9. The molecule has 5 rings (SSSR count). The summed E-state index contributed by atoms with van der Waals surface area (Å²) in [5.41, 5.74) is 7.16. The van der Waals surface area contributed by atoms with Crippen LogP contribution in [0.15, 0.2) is 66.7 Å². The zero-order valence-electron chi connectivity index (χ0n) is 41.6. The van der Waals surface area contributed by atoms with Crippen LogP contribution in [0.3, 0.4) is 0 Å². The number of rotatable bonds is 18. The second-order valence-electron chi connectivity index (χ2n) is 19.3. The van der Waals surface area contributed by atoms with E-state index in [-0.39, 0.29) is 49.3 Å². The smallest absolute Gasteiger partial charge is 0.251 e. The molecule has 9 atom stereocenters. The van der Waals surface area contributed by atoms with Gasteiger partial charge in [0.05, 0.1) is 30.7 Å². The van der Waals surface area contributed by atoms with E-state index < -0.39 is 107 Å². The Hall–Kier alpha value is -6.28. The first-order chi connectivity index (χ1) is 33.4. The zero-order chi connectivity index (χ0) is 52.5. The minimum atomic E-state index is -1.05. The van der Waals surface area contributed by atoms with E-state index in [1.165, 1.54) is 28.0 Å². The minimum absolute atomic E-state index is 0.0152. The van der Waals surface area contributed by atoms with Gasteiger partial charge in [0.15, 0.2) is 0 Å². The average molecular weight is 1020 g/mol. The molecule has 2 aliphatic heterocycles. The molecular weight excluding hydrogens is 954 g/mol. The van der Waals surface area contributed by atoms with E-state index in [0.717, 1.165) is 11.1 Å². The lowest BCUT2D eigenvalue weighted by molar-refractivity contribution is -0.144. The maximum absolute atomic E-state index is 14.5. The van der Waals surface area contributed by atoms with Crippen LogP contribution in [0.2, 0.25) is 10.0 Å². The van der Waals surface area contributed by atoms with Gasteiger partial charge >= 0.3 is 0 Å². The maximum Gasteiger partial charge on any atom is 0.251 e. The number of nitrogens with one attached hydrogen (secondary N) is 8. The van der Waals surface area contributed by atoms with E-state index in [2.05, 4.69) is 42.5 Å². The monoisotopic (exact) mass is 1020 g/mol. The molecule has 8 amide bonds. The first-order valence-corrected chi connectivity index (χ1v) is 24.3. The first kappa shape index (κ1) is 55.6. The molecule has 2 heterocycles. The number of hydrogen-bond acceptors (Lipinski definition) is 11. The van der Waals surface area contributed by atoms with E-state index in [0.29, 0.717) is 10.0 Å². The molecule has 2 fully saturated rings. The van der Waals surface area contributed by atoms with Gasteiger partial charge in [-0.15, -0.1) is 0 Å². The molecule has 0 aliphatic carbocycles. The number of amides is 8. The van der Waals surface area contributed by atoms with Crippen LogP contribution >= 0.6 is 23.2 Å². The van der Waals surface area contributed by atoms with Crippen molar-refractivity contribution in [2.24, 2.45) is 5.41 Å². The largest absolute Gasteiger partial charge is 0.399 e. The highest BCUT2D eigenvalue weighted by atomic mass is 35.5. The standard InChI is InChI=1S/C50H67Cl2N11O8/c1-26(30-10-14-34(51)15-11-30)57-47(69)39-21-37(24-62(39)41(64)23-56-43(65)28(3)54-8)59-45(67)32-18-33(20-36(53)19-32)46(68)60-38-22-40(48(70)58-27(2)31-12-16-35(52)17-13-31)63(25-38)49(71)42(50(5,6)7)61-44(66)29(4)55-9/h10-20,26-29,37-40,42,54-55H,21-25,53H2,1-9H3,(H,56,65)(H,57,69)(H,58,70)(H,59,67)(H,60,68)(H,61,66)/t26-,27-,28+,29+,37+,38+,39+,40+,42-/m1/s1. The molecule has 0 saturated carbocycles. The average Bonchev–Trinajstić information content (AvgIpc) is 3.96. The molecule has 0 radical (unpaired) electrons. The summed E-state index contributed by atoms with van der Waals surface area (Å²) in [5, 5.41) is 23.9. The molecule has 3 aromatic carbocycles. The van der Waals surface area contributed by atoms with Crippen LogP contribution in [0.25, 0.3) is 0 Å². The molecular formula is C50H67Cl2N11O8. The summed E-state index contributed by atoms with van der Waals surface area (Å²) >= 11 is 12.2. The Kier molecular flexibility index (Phi) is 19.0. The highest BCUT2D eigenvalue weighted by Crippen LogP contribution is 2.28. The van der Waals surface area contributed by atoms with Crippen LogP contribution < -0.4 is 48.3 Å². The lowest BCUT2D eigenvalue weighted by Crippen LogP contribution is -2.59. The van der Waals surface area contributed by atoms with Gasteiger partial charge in [-0.1, -0.05) is 68.2 Å². The fourth-order valence-electron chi connectivity index (χ4n) is 8.40. The molecule has 21 heteroatoms. The van der Waals surface area contributed by atoms with Gasteiger partial charge < -0.3 is 58.1 Å². The van der Waals surface area contributed by atoms with Crippen molar-refractivity contribution in [3.05, 3.63) is 99.0 Å². The van der Waals surface area contributed by atoms with Crippen LogP contribution in [0.1, 0.15) is 105 Å². The van der Waals surface area contributed by atoms with Crippen molar-refractivity contribution in [2.75, 3.05) is 39.5 Å². The van der Waals surface area contributed by atoms with Crippen molar-refractivity contribution in [2.45, 2.75) is 116 Å². The third-order valence-corrected chi connectivity index (χ3v) is 13.4. The van der Waals surface area contributed by atoms with E-state index in [1.807, 2.05) is 0 Å². The van der Waals surface area contributed by atoms with Crippen LogP contribution in [-0.2, 0) is 28.8 Å². The minimum Gasteiger partial charge on any atom is -0.399 e. The van der Waals surface area contributed by atoms with Crippen LogP contribution in [0, 0.1) is 5.41 Å². The summed E-state index contributed by atoms with van der Waals surface area (Å²) in [5.74, 6) is -4.09. The van der Waals surface area contributed by atoms with Crippen molar-refractivity contribution in [1.82, 2.24) is 52.3 Å². The molecule has 71 heavy (non-hydrogen) atoms. The Bertz CT molecular complexity index is 2450. The van der Waals surface area contributed by atoms with Gasteiger partial charge in [-0.2, -0.15) is 0 Å². The summed E-state index contributed by atoms with van der Waals surface area (Å²) in [6, 6.07) is 11.3. The summed E-state index contributed by atoms with van der Waals surface area (Å²) < 4.78 is 0. The Morgan fingerprint density at radius 1 is 0.634 bits per heavy atom. The fourth-order valence-corrected chi connectivity index (χ4v) is 8.65. The van der Waals surface area contributed by atoms with Crippen molar-refractivity contribution < 1.29 is 38.4 Å². The number of benzene rings is 3. The van der Waals surface area contributed by atoms with Gasteiger partial charge in [0.25, 0.3) is 11.8 Å². The van der Waals surface area contributed by atoms with Gasteiger partial charge in [-0.3, -0.25) is 38.4 Å². The molecule has 0 bridgehead atoms. The predicted molar refractivity (Wildman–Crippen MR) is 271 cm³/mol. The third-order valence-electron chi connectivity index (χ3n) is 12.9. The van der Waals surface area contributed by atoms with Crippen LogP contribution in [0.4, 0.5) is 5.69 Å². The third kappa shape index (κ3) is 14.6. The lowest BCUT2D eigenvalue weighted by atomic mass is 9.85. The molecule has 2 saturated heterocycles. The van der Waals surface area contributed by atoms with Crippen LogP contribution in [0.5, 0.6) is 0 Å². The quantitative estimate of drug-likeness (QED) is 0.0837. The van der Waals surface area contributed by atoms with Crippen molar-refractivity contribution in [3.63, 3.8) is 0 Å². The number of nitrogens with two attached hydrogens (primary N) is 1. The van der Waals surface area contributed by atoms with Crippen LogP contribution in [-0.4, -0.2) is 133 Å². The number of carbonyl (C=O) groups excluding carboxylic acids is 8. The van der Waals surface area contributed by atoms with Gasteiger partial charge in [-0.25, -0.2) is 0 Å². The molecule has 0 aromatic heterocycles. The number of anilines is 1. The Labute approximate surface area is 424 Å². The predicted octanol–water partition coefficient (Wildman–Crippen LogP) is 2.59. The van der Waals surface area contributed by atoms with E-state index in [4.69, 9.17) is 28.9 Å². The number of carbonyl (C=O) groups is 8. The molecule has 10 N–H and O–H groups in total. The van der Waals surface area contributed by atoms with Gasteiger partial charge in [0, 0.05) is 52.0 Å². The summed E-state index contributed by atoms with van der Waals surface area (Å²) in [4.78, 5) is 112. The Morgan fingerprint density at radius 3 is 1.49 bits per heavy atom. The zero-order valence-corrected chi connectivity index (χ0v) is 43.1. The van der Waals surface area contributed by atoms with Gasteiger partial charge in [-0.05, 0) is 114 Å². The lowest BCUT2D eigenvalue weighted by Gasteiger charge is -2.36. The second kappa shape index (κ2) is 24.2. The maximum atomic E-state index is 14.5. The van der Waals surface area contributed by atoms with E-state index >= 15 is 0 Å². The van der Waals surface area contributed by atoms with E-state index in [9.17, 15) is 38.4 Å². The first-order valence-electron chi connectivity index (χ1n) is 23.6. The molecule has 0 spiro atoms. The molecule has 0 unspecified atom stereocenters. The number of nitrogens with zero attached hydrogens (tertiary/aromatic N) is 2. The number of hydrogen-bond donors (Lipinski definition) is 9. The highest BCUT2D eigenvalue weighted by Gasteiger charge is 2.46. The Morgan fingerprint density at radius 2 is 1.06 bits per heavy atom. The number of nitrogen functional groups attached to an aromatic ring is 1. The number of likely N-dealkylation sites (tertiary alicyclic amines) is 2. The number of halogens is 2. The van der Waals surface area contributed by atoms with Gasteiger partial charge in [0.2, 0.25) is 35.4 Å². The summed E-state index contributed by atoms with van der Waals surface area (Å²) in [6.07, 6.45) is 0.0535. The molecule has 3 aromatic rings. The fraction of sp³-hybridized carbons (Fsp3) is 0.480. The molecule has 2 aliphatic rings. The Balaban J connectivity index is 1.34. The second-order valence-corrected chi connectivity index (χ2v) is 20.2. The van der Waals surface area contributed by atoms with E-state index in [1.54, 1.807) is 111 Å². The van der Waals surface area contributed by atoms with Crippen molar-refractivity contribution >= 4 is 76.1 Å². The van der Waals surface area contributed by atoms with Crippen molar-refractivity contribution in [1.29, 1.82) is 0 Å². The molecule has 384 valence electrons. The highest BCUT2D eigenvalue weighted by molar-refractivity contribution is 6.30. The molecule has 19 nitrogen and oxygen atoms in total.